The van der Waals surface area contributed by atoms with Gasteiger partial charge in [0.15, 0.2) is 0 Å². The smallest absolute Gasteiger partial charge is 0.229 e. The number of rotatable bonds is 5. The summed E-state index contributed by atoms with van der Waals surface area (Å²) in [5.74, 6) is 0.438. The van der Waals surface area contributed by atoms with Crippen LogP contribution in [0.25, 0.3) is 0 Å². The van der Waals surface area contributed by atoms with Crippen LogP contribution in [-0.4, -0.2) is 24.1 Å². The van der Waals surface area contributed by atoms with Crippen LogP contribution in [0.4, 0.5) is 5.69 Å². The van der Waals surface area contributed by atoms with Gasteiger partial charge in [-0.1, -0.05) is 17.7 Å². The van der Waals surface area contributed by atoms with Crippen molar-refractivity contribution in [3.8, 4) is 5.75 Å². The van der Waals surface area contributed by atoms with E-state index in [0.29, 0.717) is 29.7 Å². The van der Waals surface area contributed by atoms with E-state index in [4.69, 9.17) is 21.1 Å². The van der Waals surface area contributed by atoms with Crippen LogP contribution in [0.15, 0.2) is 42.7 Å². The number of benzene rings is 1. The highest BCUT2D eigenvalue weighted by atomic mass is 35.5. The second kappa shape index (κ2) is 8.13. The summed E-state index contributed by atoms with van der Waals surface area (Å²) in [6.45, 7) is 1.60. The zero-order chi connectivity index (χ0) is 16.8. The molecule has 3 rings (SSSR count). The largest absolute Gasteiger partial charge is 0.487 e. The molecule has 1 N–H and O–H groups in total. The molecule has 1 saturated heterocycles. The summed E-state index contributed by atoms with van der Waals surface area (Å²) < 4.78 is 11.0. The molecule has 1 aromatic carbocycles. The number of carbonyl (C=O) groups excluding carboxylic acids is 1. The van der Waals surface area contributed by atoms with Crippen molar-refractivity contribution in [1.29, 1.82) is 0 Å². The first-order valence-electron chi connectivity index (χ1n) is 7.92. The number of nitrogens with zero attached hydrogens (tertiary/aromatic N) is 1. The van der Waals surface area contributed by atoms with Gasteiger partial charge in [-0.2, -0.15) is 0 Å². The van der Waals surface area contributed by atoms with Crippen LogP contribution < -0.4 is 10.1 Å². The lowest BCUT2D eigenvalue weighted by atomic mass is 10.0. The number of halogens is 1. The maximum absolute atomic E-state index is 12.2. The normalized spacial score (nSPS) is 17.3. The molecule has 126 valence electrons. The minimum absolute atomic E-state index is 0.0326. The lowest BCUT2D eigenvalue weighted by molar-refractivity contribution is -0.123. The van der Waals surface area contributed by atoms with E-state index in [-0.39, 0.29) is 11.8 Å². The molecule has 1 aromatic heterocycles. The molecule has 1 amide bonds. The monoisotopic (exact) mass is 346 g/mol. The minimum atomic E-state index is -0.0981. The fraction of sp³-hybridized carbons (Fsp3) is 0.333. The second-order valence-electron chi connectivity index (χ2n) is 5.70. The minimum Gasteiger partial charge on any atom is -0.487 e. The number of hydrogen-bond acceptors (Lipinski definition) is 4. The molecule has 6 heteroatoms. The van der Waals surface area contributed by atoms with E-state index in [2.05, 4.69) is 10.3 Å². The third-order valence-corrected chi connectivity index (χ3v) is 4.14. The Balaban J connectivity index is 1.58. The van der Waals surface area contributed by atoms with Crippen LogP contribution in [0, 0.1) is 5.92 Å². The van der Waals surface area contributed by atoms with Crippen molar-refractivity contribution in [3.63, 3.8) is 0 Å². The Bertz CT molecular complexity index is 688. The number of amides is 1. The van der Waals surface area contributed by atoms with E-state index < -0.39 is 0 Å². The number of hydrogen-bond donors (Lipinski definition) is 1. The van der Waals surface area contributed by atoms with Crippen molar-refractivity contribution in [3.05, 3.63) is 53.3 Å². The number of carbonyl (C=O) groups is 1. The summed E-state index contributed by atoms with van der Waals surface area (Å²) in [6, 6.07) is 9.02. The van der Waals surface area contributed by atoms with Gasteiger partial charge < -0.3 is 14.8 Å². The van der Waals surface area contributed by atoms with Gasteiger partial charge in [0.25, 0.3) is 0 Å². The summed E-state index contributed by atoms with van der Waals surface area (Å²) in [7, 11) is 0. The quantitative estimate of drug-likeness (QED) is 0.897. The molecule has 1 fully saturated rings. The highest BCUT2D eigenvalue weighted by molar-refractivity contribution is 6.32. The van der Waals surface area contributed by atoms with Gasteiger partial charge in [-0.25, -0.2) is 0 Å². The van der Waals surface area contributed by atoms with Gasteiger partial charge >= 0.3 is 0 Å². The Morgan fingerprint density at radius 1 is 1.42 bits per heavy atom. The molecule has 1 atom stereocenters. The first-order chi connectivity index (χ1) is 11.7. The van der Waals surface area contributed by atoms with Crippen molar-refractivity contribution in [1.82, 2.24) is 4.98 Å². The molecular weight excluding hydrogens is 328 g/mol. The van der Waals surface area contributed by atoms with E-state index >= 15 is 0 Å². The lowest BCUT2D eigenvalue weighted by Crippen LogP contribution is -2.30. The van der Waals surface area contributed by atoms with E-state index in [0.717, 1.165) is 25.0 Å². The van der Waals surface area contributed by atoms with Crippen LogP contribution in [0.5, 0.6) is 5.75 Å². The Morgan fingerprint density at radius 3 is 3.04 bits per heavy atom. The lowest BCUT2D eigenvalue weighted by Gasteiger charge is -2.21. The van der Waals surface area contributed by atoms with Crippen LogP contribution in [0.2, 0.25) is 5.02 Å². The SMILES string of the molecule is O=C(Nc1ccc(OCc2cccnc2)c(Cl)c1)C1CCCOC1. The van der Waals surface area contributed by atoms with Crippen LogP contribution in [-0.2, 0) is 16.1 Å². The van der Waals surface area contributed by atoms with Gasteiger partial charge in [0.1, 0.15) is 12.4 Å². The van der Waals surface area contributed by atoms with Crippen LogP contribution in [0.1, 0.15) is 18.4 Å². The fourth-order valence-electron chi connectivity index (χ4n) is 2.53. The Labute approximate surface area is 145 Å². The third-order valence-electron chi connectivity index (χ3n) is 3.85. The fourth-order valence-corrected chi connectivity index (χ4v) is 2.77. The molecule has 1 aliphatic rings. The molecule has 5 nitrogen and oxygen atoms in total. The van der Waals surface area contributed by atoms with Crippen molar-refractivity contribution in [2.24, 2.45) is 5.92 Å². The zero-order valence-electron chi connectivity index (χ0n) is 13.2. The van der Waals surface area contributed by atoms with Gasteiger partial charge in [-0.15, -0.1) is 0 Å². The Hall–Kier alpha value is -2.11. The molecule has 0 spiro atoms. The average Bonchev–Trinajstić information content (AvgIpc) is 2.62. The molecule has 24 heavy (non-hydrogen) atoms. The Kier molecular flexibility index (Phi) is 5.67. The third kappa shape index (κ3) is 4.46. The maximum atomic E-state index is 12.2. The van der Waals surface area contributed by atoms with Gasteiger partial charge in [0, 0.05) is 30.3 Å². The number of anilines is 1. The Morgan fingerprint density at radius 2 is 2.33 bits per heavy atom. The summed E-state index contributed by atoms with van der Waals surface area (Å²) in [4.78, 5) is 16.2. The molecule has 1 aliphatic heterocycles. The maximum Gasteiger partial charge on any atom is 0.229 e. The number of aromatic nitrogens is 1. The van der Waals surface area contributed by atoms with E-state index in [1.165, 1.54) is 0 Å². The van der Waals surface area contributed by atoms with Gasteiger partial charge in [-0.3, -0.25) is 9.78 Å². The number of nitrogens with one attached hydrogen (secondary N) is 1. The first kappa shape index (κ1) is 16.7. The van der Waals surface area contributed by atoms with Crippen molar-refractivity contribution in [2.45, 2.75) is 19.4 Å². The van der Waals surface area contributed by atoms with E-state index in [9.17, 15) is 4.79 Å². The van der Waals surface area contributed by atoms with Crippen molar-refractivity contribution in [2.75, 3.05) is 18.5 Å². The summed E-state index contributed by atoms with van der Waals surface area (Å²) in [6.07, 6.45) is 5.23. The predicted octanol–water partition coefficient (Wildman–Crippen LogP) is 3.68. The first-order valence-corrected chi connectivity index (χ1v) is 8.30. The molecule has 0 saturated carbocycles. The van der Waals surface area contributed by atoms with Crippen molar-refractivity contribution >= 4 is 23.2 Å². The van der Waals surface area contributed by atoms with Crippen molar-refractivity contribution < 1.29 is 14.3 Å². The predicted molar refractivity (Wildman–Crippen MR) is 92.2 cm³/mol. The highest BCUT2D eigenvalue weighted by Crippen LogP contribution is 2.29. The van der Waals surface area contributed by atoms with Crippen LogP contribution >= 0.6 is 11.6 Å². The molecule has 0 radical (unpaired) electrons. The summed E-state index contributed by atoms with van der Waals surface area (Å²) in [5, 5.41) is 3.34. The summed E-state index contributed by atoms with van der Waals surface area (Å²) >= 11 is 6.25. The molecule has 1 unspecified atom stereocenters. The molecule has 2 aromatic rings. The van der Waals surface area contributed by atoms with Crippen LogP contribution in [0.3, 0.4) is 0 Å². The molecule has 0 aliphatic carbocycles. The standard InChI is InChI=1S/C18H19ClN2O3/c19-16-9-15(21-18(22)14-4-2-8-23-12-14)5-6-17(16)24-11-13-3-1-7-20-10-13/h1,3,5-7,9-10,14H,2,4,8,11-12H2,(H,21,22). The number of pyridine rings is 1. The van der Waals surface area contributed by atoms with Gasteiger partial charge in [0.05, 0.1) is 17.5 Å². The average molecular weight is 347 g/mol. The van der Waals surface area contributed by atoms with Gasteiger partial charge in [0.2, 0.25) is 5.91 Å². The molecule has 2 heterocycles. The topological polar surface area (TPSA) is 60.5 Å². The molecule has 0 bridgehead atoms. The zero-order valence-corrected chi connectivity index (χ0v) is 14.0. The summed E-state index contributed by atoms with van der Waals surface area (Å²) in [5.41, 5.74) is 1.62. The van der Waals surface area contributed by atoms with E-state index in [1.54, 1.807) is 30.6 Å². The molecular formula is C18H19ClN2O3. The second-order valence-corrected chi connectivity index (χ2v) is 6.11. The highest BCUT2D eigenvalue weighted by Gasteiger charge is 2.21. The van der Waals surface area contributed by atoms with E-state index in [1.807, 2.05) is 12.1 Å². The van der Waals surface area contributed by atoms with Gasteiger partial charge in [-0.05, 0) is 37.1 Å². The number of ether oxygens (including phenoxy) is 2.